The van der Waals surface area contributed by atoms with Crippen molar-refractivity contribution in [2.75, 3.05) is 19.0 Å². The van der Waals surface area contributed by atoms with Crippen LogP contribution in [0.3, 0.4) is 0 Å². The molecule has 1 aromatic carbocycles. The van der Waals surface area contributed by atoms with Crippen molar-refractivity contribution in [3.05, 3.63) is 47.9 Å². The molecule has 116 valence electrons. The highest BCUT2D eigenvalue weighted by Crippen LogP contribution is 2.24. The summed E-state index contributed by atoms with van der Waals surface area (Å²) in [5.41, 5.74) is 1.42. The highest BCUT2D eigenvalue weighted by Gasteiger charge is 2.15. The minimum Gasteiger partial charge on any atom is -0.495 e. The van der Waals surface area contributed by atoms with Crippen LogP contribution in [0.1, 0.15) is 11.3 Å². The quantitative estimate of drug-likeness (QED) is 0.827. The largest absolute Gasteiger partial charge is 0.495 e. The summed E-state index contributed by atoms with van der Waals surface area (Å²) in [4.78, 5) is 23.6. The second-order valence-electron chi connectivity index (χ2n) is 4.74. The first kappa shape index (κ1) is 15.6. The summed E-state index contributed by atoms with van der Waals surface area (Å²) in [5.74, 6) is -0.179. The number of methoxy groups -OCH3 is 1. The van der Waals surface area contributed by atoms with Crippen molar-refractivity contribution in [3.63, 3.8) is 0 Å². The van der Waals surface area contributed by atoms with Gasteiger partial charge in [0.25, 0.3) is 0 Å². The van der Waals surface area contributed by atoms with E-state index in [0.717, 1.165) is 11.3 Å². The maximum Gasteiger partial charge on any atom is 0.313 e. The maximum absolute atomic E-state index is 11.9. The summed E-state index contributed by atoms with van der Waals surface area (Å²) in [6.07, 6.45) is 2.09. The summed E-state index contributed by atoms with van der Waals surface area (Å²) >= 11 is 0. The van der Waals surface area contributed by atoms with E-state index in [1.54, 1.807) is 24.5 Å². The Morgan fingerprint density at radius 2 is 2.05 bits per heavy atom. The van der Waals surface area contributed by atoms with Crippen LogP contribution >= 0.6 is 0 Å². The number of aryl methyl sites for hydroxylation is 1. The monoisotopic (exact) mass is 302 g/mol. The molecular formula is C16H18N2O4. The second kappa shape index (κ2) is 7.31. The van der Waals surface area contributed by atoms with Crippen molar-refractivity contribution in [3.8, 4) is 5.75 Å². The van der Waals surface area contributed by atoms with Gasteiger partial charge in [-0.25, -0.2) is 0 Å². The fraction of sp³-hybridized carbons (Fsp3) is 0.250. The van der Waals surface area contributed by atoms with Crippen molar-refractivity contribution < 1.29 is 18.7 Å². The van der Waals surface area contributed by atoms with Crippen LogP contribution in [0.5, 0.6) is 5.75 Å². The molecule has 0 radical (unpaired) electrons. The number of amides is 2. The van der Waals surface area contributed by atoms with Crippen molar-refractivity contribution >= 4 is 17.5 Å². The summed E-state index contributed by atoms with van der Waals surface area (Å²) < 4.78 is 10.3. The van der Waals surface area contributed by atoms with E-state index in [2.05, 4.69) is 10.6 Å². The van der Waals surface area contributed by atoms with E-state index in [1.807, 2.05) is 19.1 Å². The predicted molar refractivity (Wildman–Crippen MR) is 81.8 cm³/mol. The van der Waals surface area contributed by atoms with Crippen LogP contribution < -0.4 is 15.4 Å². The molecule has 0 bridgehead atoms. The van der Waals surface area contributed by atoms with Gasteiger partial charge >= 0.3 is 11.8 Å². The van der Waals surface area contributed by atoms with E-state index in [0.29, 0.717) is 24.4 Å². The molecule has 0 aliphatic carbocycles. The first-order chi connectivity index (χ1) is 10.6. The molecule has 1 heterocycles. The Morgan fingerprint density at radius 3 is 2.73 bits per heavy atom. The van der Waals surface area contributed by atoms with Crippen LogP contribution in [-0.4, -0.2) is 25.5 Å². The Labute approximate surface area is 128 Å². The normalized spacial score (nSPS) is 10.1. The zero-order valence-electron chi connectivity index (χ0n) is 12.5. The Morgan fingerprint density at radius 1 is 1.23 bits per heavy atom. The lowest BCUT2D eigenvalue weighted by Gasteiger charge is -2.11. The number of ether oxygens (including phenoxy) is 1. The first-order valence-corrected chi connectivity index (χ1v) is 6.86. The molecule has 0 aliphatic heterocycles. The van der Waals surface area contributed by atoms with Gasteiger partial charge in [-0.1, -0.05) is 6.07 Å². The Hall–Kier alpha value is -2.76. The van der Waals surface area contributed by atoms with Gasteiger partial charge in [-0.2, -0.15) is 0 Å². The van der Waals surface area contributed by atoms with Gasteiger partial charge < -0.3 is 19.8 Å². The lowest BCUT2D eigenvalue weighted by Crippen LogP contribution is -2.36. The number of nitrogens with one attached hydrogen (secondary N) is 2. The molecule has 2 aromatic rings. The fourth-order valence-electron chi connectivity index (χ4n) is 1.93. The zero-order chi connectivity index (χ0) is 15.9. The molecule has 0 saturated heterocycles. The number of benzene rings is 1. The van der Waals surface area contributed by atoms with Gasteiger partial charge in [0.05, 0.1) is 19.1 Å². The number of rotatable bonds is 5. The molecule has 22 heavy (non-hydrogen) atoms. The van der Waals surface area contributed by atoms with Crippen LogP contribution in [-0.2, 0) is 16.0 Å². The van der Waals surface area contributed by atoms with Crippen LogP contribution in [0.2, 0.25) is 0 Å². The SMILES string of the molecule is COc1ccc(C)cc1NC(=O)C(=O)NCCc1ccco1. The van der Waals surface area contributed by atoms with E-state index < -0.39 is 11.8 Å². The van der Waals surface area contributed by atoms with Crippen molar-refractivity contribution in [2.45, 2.75) is 13.3 Å². The highest BCUT2D eigenvalue weighted by molar-refractivity contribution is 6.39. The average Bonchev–Trinajstić information content (AvgIpc) is 3.00. The molecule has 0 fully saturated rings. The van der Waals surface area contributed by atoms with E-state index in [1.165, 1.54) is 7.11 Å². The van der Waals surface area contributed by atoms with Crippen molar-refractivity contribution in [1.82, 2.24) is 5.32 Å². The third-order valence-corrected chi connectivity index (χ3v) is 3.05. The smallest absolute Gasteiger partial charge is 0.313 e. The molecular weight excluding hydrogens is 284 g/mol. The number of anilines is 1. The third kappa shape index (κ3) is 4.12. The van der Waals surface area contributed by atoms with E-state index in [4.69, 9.17) is 9.15 Å². The van der Waals surface area contributed by atoms with Crippen LogP contribution in [0.25, 0.3) is 0 Å². The number of hydrogen-bond acceptors (Lipinski definition) is 4. The third-order valence-electron chi connectivity index (χ3n) is 3.05. The maximum atomic E-state index is 11.9. The number of furan rings is 1. The van der Waals surface area contributed by atoms with Gasteiger partial charge in [0, 0.05) is 13.0 Å². The molecule has 2 amide bonds. The molecule has 0 atom stereocenters. The van der Waals surface area contributed by atoms with Crippen molar-refractivity contribution in [1.29, 1.82) is 0 Å². The number of hydrogen-bond donors (Lipinski definition) is 2. The van der Waals surface area contributed by atoms with Gasteiger partial charge in [0.1, 0.15) is 11.5 Å². The molecule has 0 spiro atoms. The van der Waals surface area contributed by atoms with Gasteiger partial charge in [0.15, 0.2) is 0 Å². The Kier molecular flexibility index (Phi) is 5.19. The lowest BCUT2D eigenvalue weighted by atomic mass is 10.2. The fourth-order valence-corrected chi connectivity index (χ4v) is 1.93. The van der Waals surface area contributed by atoms with E-state index in [9.17, 15) is 9.59 Å². The molecule has 6 nitrogen and oxygen atoms in total. The second-order valence-corrected chi connectivity index (χ2v) is 4.74. The van der Waals surface area contributed by atoms with Gasteiger partial charge in [-0.3, -0.25) is 9.59 Å². The van der Waals surface area contributed by atoms with Crippen LogP contribution in [0.4, 0.5) is 5.69 Å². The average molecular weight is 302 g/mol. The molecule has 0 saturated carbocycles. The van der Waals surface area contributed by atoms with Gasteiger partial charge in [-0.15, -0.1) is 0 Å². The summed E-state index contributed by atoms with van der Waals surface area (Å²) in [7, 11) is 1.50. The summed E-state index contributed by atoms with van der Waals surface area (Å²) in [6.45, 7) is 2.21. The molecule has 2 rings (SSSR count). The van der Waals surface area contributed by atoms with Crippen molar-refractivity contribution in [2.24, 2.45) is 0 Å². The first-order valence-electron chi connectivity index (χ1n) is 6.86. The van der Waals surface area contributed by atoms with Crippen LogP contribution in [0.15, 0.2) is 41.0 Å². The summed E-state index contributed by atoms with van der Waals surface area (Å²) in [6, 6.07) is 8.92. The van der Waals surface area contributed by atoms with Gasteiger partial charge in [-0.05, 0) is 36.8 Å². The lowest BCUT2D eigenvalue weighted by molar-refractivity contribution is -0.136. The molecule has 6 heteroatoms. The Bertz CT molecular complexity index is 650. The number of carbonyl (C=O) groups excluding carboxylic acids is 2. The number of carbonyl (C=O) groups is 2. The molecule has 0 unspecified atom stereocenters. The minimum atomic E-state index is -0.733. The van der Waals surface area contributed by atoms with Crippen LogP contribution in [0, 0.1) is 6.92 Å². The molecule has 1 aromatic heterocycles. The standard InChI is InChI=1S/C16H18N2O4/c1-11-5-6-14(21-2)13(10-11)18-16(20)15(19)17-8-7-12-4-3-9-22-12/h3-6,9-10H,7-8H2,1-2H3,(H,17,19)(H,18,20). The minimum absolute atomic E-state index is 0.324. The summed E-state index contributed by atoms with van der Waals surface area (Å²) in [5, 5.41) is 5.09. The molecule has 2 N–H and O–H groups in total. The highest BCUT2D eigenvalue weighted by atomic mass is 16.5. The van der Waals surface area contributed by atoms with E-state index in [-0.39, 0.29) is 0 Å². The van der Waals surface area contributed by atoms with E-state index >= 15 is 0 Å². The predicted octanol–water partition coefficient (Wildman–Crippen LogP) is 1.89. The topological polar surface area (TPSA) is 80.6 Å². The van der Waals surface area contributed by atoms with Gasteiger partial charge in [0.2, 0.25) is 0 Å². The Balaban J connectivity index is 1.88. The molecule has 0 aliphatic rings. The zero-order valence-corrected chi connectivity index (χ0v) is 12.5.